The number of halogens is 1. The predicted molar refractivity (Wildman–Crippen MR) is 104 cm³/mol. The Kier molecular flexibility index (Phi) is 10.6. The number of urea groups is 1. The van der Waals surface area contributed by atoms with Crippen LogP contribution in [0.2, 0.25) is 0 Å². The van der Waals surface area contributed by atoms with Crippen LogP contribution in [0.5, 0.6) is 0 Å². The second-order valence-electron chi connectivity index (χ2n) is 6.73. The molecule has 2 atom stereocenters. The van der Waals surface area contributed by atoms with E-state index in [4.69, 9.17) is 10.2 Å². The number of nitrogens with one attached hydrogen (secondary N) is 2. The molecule has 32 heavy (non-hydrogen) atoms. The van der Waals surface area contributed by atoms with Gasteiger partial charge >= 0.3 is 23.9 Å². The summed E-state index contributed by atoms with van der Waals surface area (Å²) in [6.07, 6.45) is -0.766. The number of carbonyl (C=O) groups excluding carboxylic acids is 2. The number of hydrogen-bond acceptors (Lipinski definition) is 6. The van der Waals surface area contributed by atoms with Crippen LogP contribution in [0.3, 0.4) is 0 Å². The molecule has 0 radical (unpaired) electrons. The number of hydrogen-bond donors (Lipinski definition) is 6. The predicted octanol–water partition coefficient (Wildman–Crippen LogP) is 0.898. The summed E-state index contributed by atoms with van der Waals surface area (Å²) >= 11 is 0. The van der Waals surface area contributed by atoms with E-state index in [0.29, 0.717) is 6.42 Å². The van der Waals surface area contributed by atoms with Crippen LogP contribution in [0.4, 0.5) is 9.18 Å². The molecule has 0 fully saturated rings. The standard InChI is InChI=1S/C19H24FN3O9/c20-12-6-4-11(5-7-12)16(26)21-10-2-1-3-14(18(29)30)23(32)19(31)22-13(17(27)28)8-9-15(24)25/h4-7,13-14,32H,1-3,8-10H2,(H,21,26)(H,22,31)(H,24,25)(H,27,28)(H,29,30)/t13?,14-/m0/s1. The number of carboxylic acids is 3. The molecule has 6 N–H and O–H groups in total. The van der Waals surface area contributed by atoms with Crippen molar-refractivity contribution in [3.8, 4) is 0 Å². The molecule has 1 rings (SSSR count). The number of aliphatic carboxylic acids is 3. The number of carboxylic acid groups (broad SMARTS) is 3. The van der Waals surface area contributed by atoms with E-state index >= 15 is 0 Å². The first kappa shape index (κ1) is 26.3. The van der Waals surface area contributed by atoms with Gasteiger partial charge in [0.1, 0.15) is 11.9 Å². The molecule has 1 unspecified atom stereocenters. The zero-order valence-electron chi connectivity index (χ0n) is 16.9. The van der Waals surface area contributed by atoms with Gasteiger partial charge in [0, 0.05) is 18.5 Å². The molecule has 3 amide bonds. The van der Waals surface area contributed by atoms with Gasteiger partial charge in [-0.05, 0) is 49.9 Å². The number of benzene rings is 1. The van der Waals surface area contributed by atoms with Gasteiger partial charge in [-0.2, -0.15) is 5.06 Å². The van der Waals surface area contributed by atoms with Crippen molar-refractivity contribution in [2.24, 2.45) is 0 Å². The first-order chi connectivity index (χ1) is 15.0. The molecule has 12 nitrogen and oxygen atoms in total. The van der Waals surface area contributed by atoms with Crippen LogP contribution < -0.4 is 10.6 Å². The molecule has 176 valence electrons. The van der Waals surface area contributed by atoms with E-state index in [1.807, 2.05) is 5.32 Å². The largest absolute Gasteiger partial charge is 0.481 e. The van der Waals surface area contributed by atoms with Gasteiger partial charge in [0.05, 0.1) is 0 Å². The van der Waals surface area contributed by atoms with E-state index in [2.05, 4.69) is 5.32 Å². The highest BCUT2D eigenvalue weighted by atomic mass is 19.1. The van der Waals surface area contributed by atoms with Crippen LogP contribution in [-0.4, -0.2) is 74.1 Å². The first-order valence-electron chi connectivity index (χ1n) is 9.52. The second-order valence-corrected chi connectivity index (χ2v) is 6.73. The fourth-order valence-electron chi connectivity index (χ4n) is 2.60. The van der Waals surface area contributed by atoms with Crippen molar-refractivity contribution < 1.29 is 48.9 Å². The summed E-state index contributed by atoms with van der Waals surface area (Å²) in [4.78, 5) is 57.0. The Hall–Kier alpha value is -3.74. The van der Waals surface area contributed by atoms with Crippen molar-refractivity contribution in [1.82, 2.24) is 15.7 Å². The Bertz CT molecular complexity index is 832. The van der Waals surface area contributed by atoms with E-state index < -0.39 is 60.6 Å². The van der Waals surface area contributed by atoms with Gasteiger partial charge in [-0.25, -0.2) is 18.8 Å². The Balaban J connectivity index is 2.51. The molecule has 0 aliphatic carbocycles. The fourth-order valence-corrected chi connectivity index (χ4v) is 2.60. The van der Waals surface area contributed by atoms with Crippen molar-refractivity contribution in [2.75, 3.05) is 6.54 Å². The Morgan fingerprint density at radius 2 is 1.56 bits per heavy atom. The molecule has 1 aromatic rings. The minimum Gasteiger partial charge on any atom is -0.481 e. The third-order valence-electron chi connectivity index (χ3n) is 4.33. The molecule has 0 spiro atoms. The molecule has 0 aromatic heterocycles. The lowest BCUT2D eigenvalue weighted by Crippen LogP contribution is -2.52. The van der Waals surface area contributed by atoms with Crippen LogP contribution in [0, 0.1) is 5.82 Å². The van der Waals surface area contributed by atoms with Crippen molar-refractivity contribution in [3.63, 3.8) is 0 Å². The van der Waals surface area contributed by atoms with E-state index in [1.165, 1.54) is 12.1 Å². The molecule has 0 aliphatic rings. The van der Waals surface area contributed by atoms with Crippen LogP contribution >= 0.6 is 0 Å². The molecular formula is C19H24FN3O9. The van der Waals surface area contributed by atoms with Crippen molar-refractivity contribution >= 4 is 29.8 Å². The number of carbonyl (C=O) groups is 5. The van der Waals surface area contributed by atoms with Gasteiger partial charge < -0.3 is 26.0 Å². The zero-order chi connectivity index (χ0) is 24.3. The van der Waals surface area contributed by atoms with E-state index in [9.17, 15) is 38.7 Å². The van der Waals surface area contributed by atoms with Gasteiger partial charge in [0.25, 0.3) is 5.91 Å². The highest BCUT2D eigenvalue weighted by molar-refractivity contribution is 5.94. The summed E-state index contributed by atoms with van der Waals surface area (Å²) in [7, 11) is 0. The summed E-state index contributed by atoms with van der Waals surface area (Å²) < 4.78 is 12.9. The maximum atomic E-state index is 12.9. The fraction of sp³-hybridized carbons (Fsp3) is 0.421. The molecule has 0 aliphatic heterocycles. The molecular weight excluding hydrogens is 433 g/mol. The average molecular weight is 457 g/mol. The summed E-state index contributed by atoms with van der Waals surface area (Å²) in [6.45, 7) is 0.149. The summed E-state index contributed by atoms with van der Waals surface area (Å²) in [5.41, 5.74) is 0.240. The molecule has 0 bridgehead atoms. The molecule has 0 heterocycles. The molecule has 0 saturated carbocycles. The first-order valence-corrected chi connectivity index (χ1v) is 9.52. The van der Waals surface area contributed by atoms with E-state index in [0.717, 1.165) is 12.1 Å². The Labute approximate surface area is 181 Å². The average Bonchev–Trinajstić information content (AvgIpc) is 2.72. The number of nitrogens with zero attached hydrogens (tertiary/aromatic N) is 1. The van der Waals surface area contributed by atoms with Gasteiger partial charge in [-0.1, -0.05) is 0 Å². The minimum absolute atomic E-state index is 0.149. The molecule has 13 heteroatoms. The third-order valence-corrected chi connectivity index (χ3v) is 4.33. The van der Waals surface area contributed by atoms with Gasteiger partial charge in [-0.3, -0.25) is 14.8 Å². The number of hydroxylamine groups is 2. The van der Waals surface area contributed by atoms with Gasteiger partial charge in [-0.15, -0.1) is 0 Å². The van der Waals surface area contributed by atoms with Crippen LogP contribution in [0.1, 0.15) is 42.5 Å². The highest BCUT2D eigenvalue weighted by Gasteiger charge is 2.31. The summed E-state index contributed by atoms with van der Waals surface area (Å²) in [5, 5.41) is 41.1. The van der Waals surface area contributed by atoms with Gasteiger partial charge in [0.15, 0.2) is 6.04 Å². The minimum atomic E-state index is -1.70. The van der Waals surface area contributed by atoms with Crippen LogP contribution in [-0.2, 0) is 14.4 Å². The van der Waals surface area contributed by atoms with E-state index in [1.54, 1.807) is 0 Å². The van der Waals surface area contributed by atoms with Crippen LogP contribution in [0.15, 0.2) is 24.3 Å². The Morgan fingerprint density at radius 1 is 0.938 bits per heavy atom. The highest BCUT2D eigenvalue weighted by Crippen LogP contribution is 2.10. The lowest BCUT2D eigenvalue weighted by molar-refractivity contribution is -0.157. The smallest absolute Gasteiger partial charge is 0.342 e. The summed E-state index contributed by atoms with van der Waals surface area (Å²) in [6, 6.07) is 0.122. The second kappa shape index (κ2) is 12.8. The maximum absolute atomic E-state index is 12.9. The Morgan fingerprint density at radius 3 is 2.09 bits per heavy atom. The van der Waals surface area contributed by atoms with Crippen LogP contribution in [0.25, 0.3) is 0 Å². The van der Waals surface area contributed by atoms with Crippen molar-refractivity contribution in [1.29, 1.82) is 0 Å². The van der Waals surface area contributed by atoms with Crippen molar-refractivity contribution in [3.05, 3.63) is 35.6 Å². The maximum Gasteiger partial charge on any atom is 0.342 e. The normalized spacial score (nSPS) is 12.3. The summed E-state index contributed by atoms with van der Waals surface area (Å²) in [5.74, 6) is -5.33. The topological polar surface area (TPSA) is 194 Å². The SMILES string of the molecule is O=C(O)CCC(NC(=O)N(O)[C@@H](CCCCNC(=O)c1ccc(F)cc1)C(=O)O)C(=O)O. The molecule has 1 aromatic carbocycles. The third kappa shape index (κ3) is 8.95. The number of unbranched alkanes of at least 4 members (excludes halogenated alkanes) is 1. The number of amides is 3. The quantitative estimate of drug-likeness (QED) is 0.142. The molecule has 0 saturated heterocycles. The zero-order valence-corrected chi connectivity index (χ0v) is 16.9. The van der Waals surface area contributed by atoms with Crippen molar-refractivity contribution in [2.45, 2.75) is 44.2 Å². The lowest BCUT2D eigenvalue weighted by atomic mass is 10.1. The van der Waals surface area contributed by atoms with Gasteiger partial charge in [0.2, 0.25) is 0 Å². The monoisotopic (exact) mass is 457 g/mol. The van der Waals surface area contributed by atoms with E-state index in [-0.39, 0.29) is 30.0 Å². The lowest BCUT2D eigenvalue weighted by Gasteiger charge is -2.24. The number of rotatable bonds is 13.